The summed E-state index contributed by atoms with van der Waals surface area (Å²) in [6, 6.07) is 0. The summed E-state index contributed by atoms with van der Waals surface area (Å²) in [5, 5.41) is 0. The van der Waals surface area contributed by atoms with E-state index in [1.54, 1.807) is 0 Å². The number of carbonyl (C=O) groups is 2. The Morgan fingerprint density at radius 3 is 0.887 bits per heavy atom. The summed E-state index contributed by atoms with van der Waals surface area (Å²) >= 11 is 0. The van der Waals surface area contributed by atoms with Crippen LogP contribution < -0.4 is 0 Å². The molecule has 0 amide bonds. The molecule has 0 aliphatic carbocycles. The minimum Gasteiger partial charge on any atom is -0.467 e. The third-order valence-corrected chi connectivity index (χ3v) is 7.01. The summed E-state index contributed by atoms with van der Waals surface area (Å²) in [7, 11) is 1.31. The van der Waals surface area contributed by atoms with E-state index in [2.05, 4.69) is 11.7 Å². The largest absolute Gasteiger partial charge is 0.467 e. The van der Waals surface area contributed by atoms with Crippen LogP contribution in [0, 0.1) is 0 Å². The maximum Gasteiger partial charge on any atom is 0.331 e. The molecule has 0 bridgehead atoms. The average molecular weight is 773 g/mol. The minimum absolute atomic E-state index is 0.0740. The molecule has 0 heterocycles. The van der Waals surface area contributed by atoms with E-state index in [9.17, 15) is 9.59 Å². The molecule has 0 aromatic carbocycles. The van der Waals surface area contributed by atoms with Crippen LogP contribution >= 0.6 is 0 Å². The van der Waals surface area contributed by atoms with Crippen molar-refractivity contribution in [3.05, 3.63) is 0 Å². The van der Waals surface area contributed by atoms with Gasteiger partial charge in [0.15, 0.2) is 0 Å². The Morgan fingerprint density at radius 1 is 0.321 bits per heavy atom. The molecule has 0 rings (SSSR count). The standard InChI is InChI=1S/C37H72O16/c1-3-4-5-6-7-8-9-10-36(38)53-34-33-51-30-29-49-26-25-47-22-21-45-18-17-43-14-13-41-11-12-42-15-16-44-19-20-46-23-24-48-27-28-50-31-32-52-35-37(39)40-2/h3-35H2,1-2H3. The van der Waals surface area contributed by atoms with Gasteiger partial charge in [-0.3, -0.25) is 4.79 Å². The highest BCUT2D eigenvalue weighted by Gasteiger charge is 2.03. The molecular formula is C37H72O16. The molecule has 0 aliphatic heterocycles. The maximum absolute atomic E-state index is 11.7. The topological polar surface area (TPSA) is 163 Å². The number of methoxy groups -OCH3 is 1. The molecule has 0 fully saturated rings. The van der Waals surface area contributed by atoms with Crippen LogP contribution in [0.25, 0.3) is 0 Å². The first-order valence-corrected chi connectivity index (χ1v) is 19.4. The Morgan fingerprint density at radius 2 is 0.585 bits per heavy atom. The normalized spacial score (nSPS) is 11.4. The first kappa shape index (κ1) is 51.5. The second-order valence-corrected chi connectivity index (χ2v) is 11.5. The van der Waals surface area contributed by atoms with Gasteiger partial charge in [-0.05, 0) is 6.42 Å². The summed E-state index contributed by atoms with van der Waals surface area (Å²) in [4.78, 5) is 22.6. The highest BCUT2D eigenvalue weighted by molar-refractivity contribution is 5.70. The van der Waals surface area contributed by atoms with Crippen molar-refractivity contribution in [3.8, 4) is 0 Å². The minimum atomic E-state index is -0.410. The zero-order valence-corrected chi connectivity index (χ0v) is 32.9. The predicted octanol–water partition coefficient (Wildman–Crippen LogP) is 3.04. The molecule has 0 spiro atoms. The van der Waals surface area contributed by atoms with Crippen molar-refractivity contribution in [2.45, 2.75) is 58.3 Å². The fraction of sp³-hybridized carbons (Fsp3) is 0.946. The third-order valence-electron chi connectivity index (χ3n) is 7.01. The predicted molar refractivity (Wildman–Crippen MR) is 195 cm³/mol. The summed E-state index contributed by atoms with van der Waals surface area (Å²) in [5.41, 5.74) is 0. The maximum atomic E-state index is 11.7. The van der Waals surface area contributed by atoms with Crippen LogP contribution in [0.3, 0.4) is 0 Å². The van der Waals surface area contributed by atoms with Crippen LogP contribution in [0.1, 0.15) is 58.3 Å². The summed E-state index contributed by atoms with van der Waals surface area (Å²) in [6.07, 6.45) is 8.76. The van der Waals surface area contributed by atoms with Crippen molar-refractivity contribution in [1.82, 2.24) is 0 Å². The molecule has 16 nitrogen and oxygen atoms in total. The Bertz CT molecular complexity index is 733. The Balaban J connectivity index is 3.10. The molecule has 316 valence electrons. The van der Waals surface area contributed by atoms with Gasteiger partial charge >= 0.3 is 11.9 Å². The Labute approximate surface area is 318 Å². The lowest BCUT2D eigenvalue weighted by molar-refractivity contribution is -0.146. The number of unbranched alkanes of at least 4 members (excludes halogenated alkanes) is 6. The number of esters is 2. The lowest BCUT2D eigenvalue weighted by atomic mass is 10.1. The Hall–Kier alpha value is -1.54. The van der Waals surface area contributed by atoms with Gasteiger partial charge < -0.3 is 66.3 Å². The molecule has 0 saturated heterocycles. The van der Waals surface area contributed by atoms with Crippen LogP contribution in [0.15, 0.2) is 0 Å². The monoisotopic (exact) mass is 772 g/mol. The summed E-state index contributed by atoms with van der Waals surface area (Å²) < 4.78 is 74.7. The second kappa shape index (κ2) is 46.6. The van der Waals surface area contributed by atoms with Gasteiger partial charge in [-0.15, -0.1) is 0 Å². The zero-order valence-electron chi connectivity index (χ0n) is 32.9. The molecule has 0 radical (unpaired) electrons. The number of rotatable bonds is 46. The molecule has 53 heavy (non-hydrogen) atoms. The first-order valence-electron chi connectivity index (χ1n) is 19.4. The van der Waals surface area contributed by atoms with Crippen LogP contribution in [0.2, 0.25) is 0 Å². The van der Waals surface area contributed by atoms with Gasteiger partial charge in [0.2, 0.25) is 0 Å². The average Bonchev–Trinajstić information content (AvgIpc) is 3.16. The van der Waals surface area contributed by atoms with Crippen molar-refractivity contribution in [2.75, 3.05) is 172 Å². The molecule has 0 aromatic rings. The lowest BCUT2D eigenvalue weighted by Gasteiger charge is -2.09. The smallest absolute Gasteiger partial charge is 0.331 e. The molecular weight excluding hydrogens is 700 g/mol. The van der Waals surface area contributed by atoms with E-state index in [1.165, 1.54) is 39.2 Å². The molecule has 0 aliphatic rings. The van der Waals surface area contributed by atoms with Crippen LogP contribution in [-0.4, -0.2) is 184 Å². The first-order chi connectivity index (χ1) is 26.2. The van der Waals surface area contributed by atoms with Gasteiger partial charge in [0, 0.05) is 6.42 Å². The van der Waals surface area contributed by atoms with Crippen molar-refractivity contribution in [2.24, 2.45) is 0 Å². The van der Waals surface area contributed by atoms with Gasteiger partial charge in [-0.25, -0.2) is 4.79 Å². The van der Waals surface area contributed by atoms with E-state index in [0.29, 0.717) is 158 Å². The van der Waals surface area contributed by atoms with E-state index in [1.807, 2.05) is 0 Å². The van der Waals surface area contributed by atoms with Crippen molar-refractivity contribution in [3.63, 3.8) is 0 Å². The van der Waals surface area contributed by atoms with Gasteiger partial charge in [0.25, 0.3) is 0 Å². The van der Waals surface area contributed by atoms with Crippen LogP contribution in [-0.2, 0) is 75.9 Å². The molecule has 0 atom stereocenters. The van der Waals surface area contributed by atoms with Gasteiger partial charge in [0.1, 0.15) is 13.2 Å². The van der Waals surface area contributed by atoms with E-state index in [0.717, 1.165) is 12.8 Å². The Kier molecular flexibility index (Phi) is 45.3. The van der Waals surface area contributed by atoms with E-state index >= 15 is 0 Å². The number of hydrogen-bond acceptors (Lipinski definition) is 16. The van der Waals surface area contributed by atoms with E-state index in [-0.39, 0.29) is 19.2 Å². The number of carbonyl (C=O) groups excluding carboxylic acids is 2. The van der Waals surface area contributed by atoms with Crippen LogP contribution in [0.5, 0.6) is 0 Å². The van der Waals surface area contributed by atoms with Gasteiger partial charge in [-0.2, -0.15) is 0 Å². The number of hydrogen-bond donors (Lipinski definition) is 0. The van der Waals surface area contributed by atoms with E-state index in [4.69, 9.17) is 61.6 Å². The van der Waals surface area contributed by atoms with Gasteiger partial charge in [0.05, 0.1) is 159 Å². The zero-order chi connectivity index (χ0) is 38.4. The fourth-order valence-corrected chi connectivity index (χ4v) is 4.15. The van der Waals surface area contributed by atoms with Crippen molar-refractivity contribution >= 4 is 11.9 Å². The quantitative estimate of drug-likeness (QED) is 0.0655. The lowest BCUT2D eigenvalue weighted by Crippen LogP contribution is -2.16. The molecule has 16 heteroatoms. The van der Waals surface area contributed by atoms with Gasteiger partial charge in [-0.1, -0.05) is 45.4 Å². The summed E-state index contributed by atoms with van der Waals surface area (Å²) in [5.74, 6) is -0.556. The van der Waals surface area contributed by atoms with Crippen molar-refractivity contribution in [1.29, 1.82) is 0 Å². The molecule has 0 saturated carbocycles. The van der Waals surface area contributed by atoms with Crippen molar-refractivity contribution < 1.29 is 75.9 Å². The SMILES string of the molecule is CCCCCCCCCC(=O)OCCOCCOCCOCCOCCOCCOCCOCCOCCOCCOCCOCCOCC(=O)OC. The molecule has 0 aromatic heterocycles. The molecule has 0 N–H and O–H groups in total. The highest BCUT2D eigenvalue weighted by Crippen LogP contribution is 2.08. The van der Waals surface area contributed by atoms with Crippen LogP contribution in [0.4, 0.5) is 0 Å². The fourth-order valence-electron chi connectivity index (χ4n) is 4.15. The summed E-state index contributed by atoms with van der Waals surface area (Å²) in [6.45, 7) is 13.1. The second-order valence-electron chi connectivity index (χ2n) is 11.5. The molecule has 0 unspecified atom stereocenters. The van der Waals surface area contributed by atoms with E-state index < -0.39 is 5.97 Å². The third kappa shape index (κ3) is 46.5. The number of ether oxygens (including phenoxy) is 14. The highest BCUT2D eigenvalue weighted by atomic mass is 16.6.